The predicted molar refractivity (Wildman–Crippen MR) is 102 cm³/mol. The molecule has 2 rings (SSSR count). The van der Waals surface area contributed by atoms with E-state index in [1.807, 2.05) is 30.3 Å². The minimum absolute atomic E-state index is 0.0802. The Kier molecular flexibility index (Phi) is 7.31. The van der Waals surface area contributed by atoms with Crippen LogP contribution in [0.5, 0.6) is 0 Å². The van der Waals surface area contributed by atoms with E-state index in [2.05, 4.69) is 5.32 Å². The van der Waals surface area contributed by atoms with Crippen LogP contribution < -0.4 is 5.32 Å². The first kappa shape index (κ1) is 20.4. The van der Waals surface area contributed by atoms with Crippen molar-refractivity contribution in [1.29, 1.82) is 0 Å². The lowest BCUT2D eigenvalue weighted by Gasteiger charge is -2.18. The third-order valence-corrected chi connectivity index (χ3v) is 4.31. The molecule has 0 aliphatic heterocycles. The number of benzene rings is 2. The molecule has 0 aromatic heterocycles. The van der Waals surface area contributed by atoms with Crippen molar-refractivity contribution in [1.82, 2.24) is 10.2 Å². The molecule has 0 unspecified atom stereocenters. The molecule has 8 heteroatoms. The first-order valence-electron chi connectivity index (χ1n) is 8.34. The number of carbonyl (C=O) groups excluding carboxylic acids is 2. The monoisotopic (exact) mass is 389 g/mol. The van der Waals surface area contributed by atoms with Gasteiger partial charge in [0, 0.05) is 43.7 Å². The molecule has 0 saturated carbocycles. The van der Waals surface area contributed by atoms with Crippen molar-refractivity contribution >= 4 is 29.1 Å². The van der Waals surface area contributed by atoms with Gasteiger partial charge in [-0.25, -0.2) is 0 Å². The second-order valence-corrected chi connectivity index (χ2v) is 6.45. The highest BCUT2D eigenvalue weighted by atomic mass is 35.5. The Labute approximate surface area is 162 Å². The highest BCUT2D eigenvalue weighted by Gasteiger charge is 2.15. The maximum Gasteiger partial charge on any atom is 0.269 e. The van der Waals surface area contributed by atoms with Gasteiger partial charge in [0.25, 0.3) is 5.69 Å². The van der Waals surface area contributed by atoms with Crippen LogP contribution in [-0.2, 0) is 22.6 Å². The SMILES string of the molecule is CN(Cc1cc([N+](=O)[O-])ccc1Cl)C(=O)CCNC(=O)Cc1ccccc1. The predicted octanol–water partition coefficient (Wildman–Crippen LogP) is 2.96. The van der Waals surface area contributed by atoms with Crippen molar-refractivity contribution < 1.29 is 14.5 Å². The van der Waals surface area contributed by atoms with Gasteiger partial charge in [-0.15, -0.1) is 0 Å². The number of nitrogens with zero attached hydrogens (tertiary/aromatic N) is 2. The van der Waals surface area contributed by atoms with Crippen LogP contribution in [0.4, 0.5) is 5.69 Å². The molecule has 2 aromatic carbocycles. The van der Waals surface area contributed by atoms with Crippen LogP contribution in [0.2, 0.25) is 5.02 Å². The highest BCUT2D eigenvalue weighted by molar-refractivity contribution is 6.31. The molecular formula is C19H20ClN3O4. The molecule has 0 aliphatic rings. The first-order valence-corrected chi connectivity index (χ1v) is 8.72. The smallest absolute Gasteiger partial charge is 0.269 e. The molecule has 0 spiro atoms. The zero-order valence-electron chi connectivity index (χ0n) is 14.9. The van der Waals surface area contributed by atoms with Gasteiger partial charge < -0.3 is 10.2 Å². The molecule has 0 radical (unpaired) electrons. The van der Waals surface area contributed by atoms with E-state index in [4.69, 9.17) is 11.6 Å². The molecule has 27 heavy (non-hydrogen) atoms. The van der Waals surface area contributed by atoms with Crippen molar-refractivity contribution in [3.8, 4) is 0 Å². The van der Waals surface area contributed by atoms with Gasteiger partial charge in [-0.2, -0.15) is 0 Å². The number of amides is 2. The fourth-order valence-corrected chi connectivity index (χ4v) is 2.66. The Bertz CT molecular complexity index is 827. The molecule has 0 fully saturated rings. The number of nitro groups is 1. The molecular weight excluding hydrogens is 370 g/mol. The summed E-state index contributed by atoms with van der Waals surface area (Å²) < 4.78 is 0. The minimum atomic E-state index is -0.510. The van der Waals surface area contributed by atoms with Gasteiger partial charge >= 0.3 is 0 Å². The number of nitrogens with one attached hydrogen (secondary N) is 1. The van der Waals surface area contributed by atoms with E-state index < -0.39 is 4.92 Å². The topological polar surface area (TPSA) is 92.5 Å². The van der Waals surface area contributed by atoms with E-state index in [1.54, 1.807) is 7.05 Å². The van der Waals surface area contributed by atoms with Gasteiger partial charge in [-0.1, -0.05) is 41.9 Å². The zero-order chi connectivity index (χ0) is 19.8. The summed E-state index contributed by atoms with van der Waals surface area (Å²) in [4.78, 5) is 35.9. The number of hydrogen-bond donors (Lipinski definition) is 1. The Morgan fingerprint density at radius 1 is 1.19 bits per heavy atom. The van der Waals surface area contributed by atoms with E-state index in [-0.39, 0.29) is 43.4 Å². The van der Waals surface area contributed by atoms with Crippen LogP contribution >= 0.6 is 11.6 Å². The van der Waals surface area contributed by atoms with Crippen molar-refractivity contribution in [2.45, 2.75) is 19.4 Å². The Hall–Kier alpha value is -2.93. The van der Waals surface area contributed by atoms with Crippen LogP contribution in [0.25, 0.3) is 0 Å². The molecule has 0 heterocycles. The van der Waals surface area contributed by atoms with Crippen LogP contribution in [0.3, 0.4) is 0 Å². The van der Waals surface area contributed by atoms with Crippen molar-refractivity contribution in [3.63, 3.8) is 0 Å². The summed E-state index contributed by atoms with van der Waals surface area (Å²) in [5, 5.41) is 13.9. The summed E-state index contributed by atoms with van der Waals surface area (Å²) in [7, 11) is 1.59. The summed E-state index contributed by atoms with van der Waals surface area (Å²) in [6, 6.07) is 13.4. The number of rotatable bonds is 8. The standard InChI is InChI=1S/C19H20ClN3O4/c1-22(13-15-12-16(23(26)27)7-8-17(15)20)19(25)9-10-21-18(24)11-14-5-3-2-4-6-14/h2-8,12H,9-11,13H2,1H3,(H,21,24). The molecule has 0 atom stereocenters. The lowest BCUT2D eigenvalue weighted by atomic mass is 10.1. The fourth-order valence-electron chi connectivity index (χ4n) is 2.48. The summed E-state index contributed by atoms with van der Waals surface area (Å²) in [6.07, 6.45) is 0.387. The fraction of sp³-hybridized carbons (Fsp3) is 0.263. The highest BCUT2D eigenvalue weighted by Crippen LogP contribution is 2.23. The number of carbonyl (C=O) groups is 2. The normalized spacial score (nSPS) is 10.3. The van der Waals surface area contributed by atoms with Gasteiger partial charge in [0.1, 0.15) is 0 Å². The molecule has 7 nitrogen and oxygen atoms in total. The second-order valence-electron chi connectivity index (χ2n) is 6.04. The lowest BCUT2D eigenvalue weighted by molar-refractivity contribution is -0.384. The number of nitro benzene ring substituents is 1. The van der Waals surface area contributed by atoms with E-state index in [0.717, 1.165) is 5.56 Å². The summed E-state index contributed by atoms with van der Waals surface area (Å²) in [6.45, 7) is 0.370. The lowest BCUT2D eigenvalue weighted by Crippen LogP contribution is -2.32. The third-order valence-electron chi connectivity index (χ3n) is 3.94. The van der Waals surface area contributed by atoms with Crippen molar-refractivity contribution in [2.24, 2.45) is 0 Å². The maximum atomic E-state index is 12.2. The molecule has 0 bridgehead atoms. The zero-order valence-corrected chi connectivity index (χ0v) is 15.6. The number of non-ortho nitro benzene ring substituents is 1. The summed E-state index contributed by atoms with van der Waals surface area (Å²) in [5.74, 6) is -0.351. The Balaban J connectivity index is 1.81. The Morgan fingerprint density at radius 3 is 2.56 bits per heavy atom. The average Bonchev–Trinajstić information content (AvgIpc) is 2.64. The molecule has 142 valence electrons. The third kappa shape index (κ3) is 6.38. The average molecular weight is 390 g/mol. The Morgan fingerprint density at radius 2 is 1.89 bits per heavy atom. The van der Waals surface area contributed by atoms with Crippen molar-refractivity contribution in [3.05, 3.63) is 74.8 Å². The molecule has 0 aliphatic carbocycles. The number of halogens is 1. The molecule has 1 N–H and O–H groups in total. The van der Waals surface area contributed by atoms with Crippen molar-refractivity contribution in [2.75, 3.05) is 13.6 Å². The second kappa shape index (κ2) is 9.68. The van der Waals surface area contributed by atoms with E-state index in [0.29, 0.717) is 10.6 Å². The number of hydrogen-bond acceptors (Lipinski definition) is 4. The molecule has 2 aromatic rings. The van der Waals surface area contributed by atoms with E-state index in [9.17, 15) is 19.7 Å². The first-order chi connectivity index (χ1) is 12.9. The van der Waals surface area contributed by atoms with Gasteiger partial charge in [-0.3, -0.25) is 19.7 Å². The van der Waals surface area contributed by atoms with Gasteiger partial charge in [0.2, 0.25) is 11.8 Å². The van der Waals surface area contributed by atoms with Crippen LogP contribution in [0, 0.1) is 10.1 Å². The maximum absolute atomic E-state index is 12.2. The van der Waals surface area contributed by atoms with Gasteiger partial charge in [0.15, 0.2) is 0 Å². The molecule has 2 amide bonds. The van der Waals surface area contributed by atoms with Crippen LogP contribution in [-0.4, -0.2) is 35.2 Å². The quantitative estimate of drug-likeness (QED) is 0.555. The molecule has 0 saturated heterocycles. The minimum Gasteiger partial charge on any atom is -0.355 e. The van der Waals surface area contributed by atoms with Gasteiger partial charge in [0.05, 0.1) is 11.3 Å². The van der Waals surface area contributed by atoms with E-state index >= 15 is 0 Å². The summed E-state index contributed by atoms with van der Waals surface area (Å²) >= 11 is 6.06. The van der Waals surface area contributed by atoms with Crippen LogP contribution in [0.15, 0.2) is 48.5 Å². The summed E-state index contributed by atoms with van der Waals surface area (Å²) in [5.41, 5.74) is 1.32. The van der Waals surface area contributed by atoms with Gasteiger partial charge in [-0.05, 0) is 17.2 Å². The largest absolute Gasteiger partial charge is 0.355 e. The van der Waals surface area contributed by atoms with Crippen LogP contribution in [0.1, 0.15) is 17.5 Å². The van der Waals surface area contributed by atoms with E-state index in [1.165, 1.54) is 23.1 Å².